The number of aromatic nitrogens is 4. The van der Waals surface area contributed by atoms with Crippen molar-refractivity contribution in [3.63, 3.8) is 0 Å². The lowest BCUT2D eigenvalue weighted by Gasteiger charge is -2.21. The van der Waals surface area contributed by atoms with Crippen LogP contribution in [0.15, 0.2) is 0 Å². The van der Waals surface area contributed by atoms with Gasteiger partial charge in [0.15, 0.2) is 26.5 Å². The fourth-order valence-electron chi connectivity index (χ4n) is 1.73. The molecule has 0 saturated carbocycles. The summed E-state index contributed by atoms with van der Waals surface area (Å²) in [5.41, 5.74) is 1.86. The Morgan fingerprint density at radius 3 is 2.32 bits per heavy atom. The highest BCUT2D eigenvalue weighted by molar-refractivity contribution is 7.91. The van der Waals surface area contributed by atoms with Crippen LogP contribution < -0.4 is 0 Å². The van der Waals surface area contributed by atoms with Gasteiger partial charge in [0.2, 0.25) is 0 Å². The molecule has 8 heteroatoms. The van der Waals surface area contributed by atoms with Crippen LogP contribution in [0.1, 0.15) is 31.1 Å². The Morgan fingerprint density at radius 2 is 1.79 bits per heavy atom. The molecule has 0 atom stereocenters. The Balaban J connectivity index is 2.92. The van der Waals surface area contributed by atoms with E-state index in [9.17, 15) is 8.42 Å². The molecule has 0 aromatic carbocycles. The third-order valence-corrected chi connectivity index (χ3v) is 5.73. The van der Waals surface area contributed by atoms with Crippen LogP contribution in [0.5, 0.6) is 0 Å². The molecule has 0 saturated heterocycles. The second kappa shape index (κ2) is 4.14. The number of nitrogens with zero attached hydrogens (tertiary/aromatic N) is 4. The normalized spacial score (nSPS) is 13.2. The molecule has 104 valence electrons. The van der Waals surface area contributed by atoms with E-state index in [4.69, 9.17) is 11.6 Å². The van der Waals surface area contributed by atoms with Crippen LogP contribution in [0.25, 0.3) is 5.65 Å². The van der Waals surface area contributed by atoms with Gasteiger partial charge in [-0.2, -0.15) is 0 Å². The molecule has 0 aliphatic carbocycles. The van der Waals surface area contributed by atoms with Gasteiger partial charge in [-0.15, -0.1) is 10.2 Å². The van der Waals surface area contributed by atoms with Gasteiger partial charge in [0, 0.05) is 11.9 Å². The maximum absolute atomic E-state index is 11.9. The van der Waals surface area contributed by atoms with Crippen LogP contribution in [0.4, 0.5) is 0 Å². The molecule has 2 heterocycles. The summed E-state index contributed by atoms with van der Waals surface area (Å²) < 4.78 is 24.4. The van der Waals surface area contributed by atoms with E-state index in [1.807, 2.05) is 6.92 Å². The van der Waals surface area contributed by atoms with Crippen molar-refractivity contribution >= 4 is 27.1 Å². The standard InChI is InChI=1S/C11H15ClN4O2S/c1-6-7(2)16-9(8(12)13-6)14-15-10(16)11(3,4)19(5,17)18/h1-5H3. The molecule has 2 aromatic rings. The van der Waals surface area contributed by atoms with Crippen LogP contribution in [0.3, 0.4) is 0 Å². The zero-order valence-electron chi connectivity index (χ0n) is 11.4. The Hall–Kier alpha value is -1.21. The molecule has 0 bridgehead atoms. The quantitative estimate of drug-likeness (QED) is 0.843. The summed E-state index contributed by atoms with van der Waals surface area (Å²) in [6.07, 6.45) is 1.18. The number of rotatable bonds is 2. The van der Waals surface area contributed by atoms with E-state index in [1.54, 1.807) is 25.2 Å². The van der Waals surface area contributed by atoms with Crippen molar-refractivity contribution in [3.8, 4) is 0 Å². The number of halogens is 1. The Morgan fingerprint density at radius 1 is 1.21 bits per heavy atom. The van der Waals surface area contributed by atoms with Gasteiger partial charge < -0.3 is 0 Å². The molecule has 0 amide bonds. The average Bonchev–Trinajstić information content (AvgIpc) is 2.69. The molecule has 0 fully saturated rings. The highest BCUT2D eigenvalue weighted by Crippen LogP contribution is 2.30. The molecular formula is C11H15ClN4O2S. The molecule has 0 spiro atoms. The van der Waals surface area contributed by atoms with Gasteiger partial charge in [-0.05, 0) is 27.7 Å². The summed E-state index contributed by atoms with van der Waals surface area (Å²) in [6, 6.07) is 0. The van der Waals surface area contributed by atoms with Crippen molar-refractivity contribution in [1.82, 2.24) is 19.6 Å². The lowest BCUT2D eigenvalue weighted by atomic mass is 10.2. The summed E-state index contributed by atoms with van der Waals surface area (Å²) in [5.74, 6) is 0.343. The van der Waals surface area contributed by atoms with Gasteiger partial charge in [0.05, 0.1) is 5.69 Å². The smallest absolute Gasteiger partial charge is 0.198 e. The van der Waals surface area contributed by atoms with E-state index in [0.717, 1.165) is 5.69 Å². The zero-order valence-corrected chi connectivity index (χ0v) is 13.0. The summed E-state index contributed by atoms with van der Waals surface area (Å²) in [5, 5.41) is 8.17. The number of fused-ring (bicyclic) bond motifs is 1. The summed E-state index contributed by atoms with van der Waals surface area (Å²) >= 11 is 6.03. The molecule has 0 aliphatic rings. The van der Waals surface area contributed by atoms with Crippen molar-refractivity contribution in [1.29, 1.82) is 0 Å². The predicted molar refractivity (Wildman–Crippen MR) is 73.1 cm³/mol. The minimum Gasteiger partial charge on any atom is -0.278 e. The van der Waals surface area contributed by atoms with Crippen molar-refractivity contribution in [2.45, 2.75) is 32.4 Å². The van der Waals surface area contributed by atoms with Crippen LogP contribution in [-0.2, 0) is 14.6 Å². The molecule has 19 heavy (non-hydrogen) atoms. The average molecular weight is 303 g/mol. The minimum absolute atomic E-state index is 0.214. The van der Waals surface area contributed by atoms with Gasteiger partial charge in [-0.3, -0.25) is 4.40 Å². The lowest BCUT2D eigenvalue weighted by molar-refractivity contribution is 0.546. The largest absolute Gasteiger partial charge is 0.278 e. The molecular weight excluding hydrogens is 288 g/mol. The van der Waals surface area contributed by atoms with E-state index in [2.05, 4.69) is 15.2 Å². The van der Waals surface area contributed by atoms with E-state index in [1.165, 1.54) is 6.26 Å². The maximum atomic E-state index is 11.9. The maximum Gasteiger partial charge on any atom is 0.198 e. The van der Waals surface area contributed by atoms with E-state index in [0.29, 0.717) is 17.2 Å². The predicted octanol–water partition coefficient (Wildman–Crippen LogP) is 1.67. The Bertz CT molecular complexity index is 765. The summed E-state index contributed by atoms with van der Waals surface area (Å²) in [6.45, 7) is 6.83. The molecule has 0 aliphatic heterocycles. The highest BCUT2D eigenvalue weighted by Gasteiger charge is 2.38. The molecule has 0 unspecified atom stereocenters. The highest BCUT2D eigenvalue weighted by atomic mass is 35.5. The monoisotopic (exact) mass is 302 g/mol. The molecule has 0 N–H and O–H groups in total. The summed E-state index contributed by atoms with van der Waals surface area (Å²) in [7, 11) is -3.35. The van der Waals surface area contributed by atoms with Crippen molar-refractivity contribution < 1.29 is 8.42 Å². The lowest BCUT2D eigenvalue weighted by Crippen LogP contribution is -2.31. The number of hydrogen-bond acceptors (Lipinski definition) is 5. The van der Waals surface area contributed by atoms with E-state index < -0.39 is 14.6 Å². The van der Waals surface area contributed by atoms with Gasteiger partial charge in [-0.25, -0.2) is 13.4 Å². The Labute approximate surface area is 116 Å². The number of sulfone groups is 1. The summed E-state index contributed by atoms with van der Waals surface area (Å²) in [4.78, 5) is 4.15. The van der Waals surface area contributed by atoms with Crippen LogP contribution in [-0.4, -0.2) is 34.3 Å². The first kappa shape index (κ1) is 14.2. The van der Waals surface area contributed by atoms with Gasteiger partial charge in [0.1, 0.15) is 4.75 Å². The topological polar surface area (TPSA) is 77.2 Å². The number of hydrogen-bond donors (Lipinski definition) is 0. The van der Waals surface area contributed by atoms with E-state index in [-0.39, 0.29) is 5.15 Å². The van der Waals surface area contributed by atoms with Gasteiger partial charge >= 0.3 is 0 Å². The van der Waals surface area contributed by atoms with Crippen LogP contribution in [0, 0.1) is 13.8 Å². The molecule has 2 rings (SSSR count). The minimum atomic E-state index is -3.35. The first-order chi connectivity index (χ1) is 8.57. The van der Waals surface area contributed by atoms with Crippen molar-refractivity contribution in [2.75, 3.05) is 6.26 Å². The third-order valence-electron chi connectivity index (χ3n) is 3.44. The first-order valence-corrected chi connectivity index (χ1v) is 7.92. The number of aryl methyl sites for hydroxylation is 2. The molecule has 0 radical (unpaired) electrons. The van der Waals surface area contributed by atoms with Crippen LogP contribution >= 0.6 is 11.6 Å². The second-order valence-corrected chi connectivity index (χ2v) is 7.96. The SMILES string of the molecule is Cc1nc(Cl)c2nnc(C(C)(C)S(C)(=O)=O)n2c1C. The zero-order chi connectivity index (χ0) is 14.6. The first-order valence-electron chi connectivity index (χ1n) is 5.65. The van der Waals surface area contributed by atoms with Gasteiger partial charge in [0.25, 0.3) is 0 Å². The second-order valence-electron chi connectivity index (χ2n) is 5.04. The van der Waals surface area contributed by atoms with E-state index >= 15 is 0 Å². The van der Waals surface area contributed by atoms with Crippen LogP contribution in [0.2, 0.25) is 5.15 Å². The molecule has 6 nitrogen and oxygen atoms in total. The molecule has 2 aromatic heterocycles. The van der Waals surface area contributed by atoms with Gasteiger partial charge in [-0.1, -0.05) is 11.6 Å². The fourth-order valence-corrected chi connectivity index (χ4v) is 2.44. The van der Waals surface area contributed by atoms with Crippen molar-refractivity contribution in [3.05, 3.63) is 22.4 Å². The third kappa shape index (κ3) is 2.01. The fraction of sp³-hybridized carbons (Fsp3) is 0.545. The van der Waals surface area contributed by atoms with Crippen molar-refractivity contribution in [2.24, 2.45) is 0 Å². The Kier molecular flexibility index (Phi) is 3.10.